The number of non-ortho nitro benzene ring substituents is 1. The number of amides is 1. The number of benzene rings is 2. The molecule has 0 bridgehead atoms. The van der Waals surface area contributed by atoms with Gasteiger partial charge in [0.05, 0.1) is 4.92 Å². The van der Waals surface area contributed by atoms with Gasteiger partial charge in [-0.25, -0.2) is 0 Å². The van der Waals surface area contributed by atoms with E-state index in [-0.39, 0.29) is 11.3 Å². The van der Waals surface area contributed by atoms with E-state index in [0.717, 1.165) is 0 Å². The van der Waals surface area contributed by atoms with Gasteiger partial charge in [0.25, 0.3) is 11.6 Å². The third kappa shape index (κ3) is 3.77. The number of hydrogen-bond acceptors (Lipinski definition) is 4. The molecule has 0 spiro atoms. The second-order valence-electron chi connectivity index (χ2n) is 4.34. The number of para-hydroxylation sites is 1. The average Bonchev–Trinajstić information content (AvgIpc) is 2.53. The summed E-state index contributed by atoms with van der Waals surface area (Å²) < 4.78 is 0. The van der Waals surface area contributed by atoms with Gasteiger partial charge in [0.1, 0.15) is 11.6 Å². The summed E-state index contributed by atoms with van der Waals surface area (Å²) in [6.07, 6.45) is 1.31. The lowest BCUT2D eigenvalue weighted by Crippen LogP contribution is -2.13. The van der Waals surface area contributed by atoms with E-state index in [9.17, 15) is 14.9 Å². The lowest BCUT2D eigenvalue weighted by molar-refractivity contribution is -0.384. The van der Waals surface area contributed by atoms with Crippen molar-refractivity contribution in [3.8, 4) is 6.07 Å². The Morgan fingerprint density at radius 1 is 1.18 bits per heavy atom. The zero-order valence-corrected chi connectivity index (χ0v) is 11.4. The Labute approximate surface area is 126 Å². The molecule has 2 aromatic carbocycles. The third-order valence-corrected chi connectivity index (χ3v) is 2.79. The molecule has 0 saturated heterocycles. The smallest absolute Gasteiger partial charge is 0.270 e. The molecule has 1 amide bonds. The Morgan fingerprint density at radius 2 is 1.91 bits per heavy atom. The van der Waals surface area contributed by atoms with E-state index in [1.54, 1.807) is 42.5 Å². The Morgan fingerprint density at radius 3 is 2.55 bits per heavy atom. The van der Waals surface area contributed by atoms with Crippen molar-refractivity contribution in [3.05, 3.63) is 75.8 Å². The standard InChI is InChI=1S/C16H11N3O3/c17-11-13(16(20)18-14-6-2-1-3-7-14)9-12-5-4-8-15(10-12)19(21)22/h1-10H,(H,18,20)/b13-9+. The fourth-order valence-corrected chi connectivity index (χ4v) is 1.76. The number of carbonyl (C=O) groups excluding carboxylic acids is 1. The van der Waals surface area contributed by atoms with Crippen molar-refractivity contribution in [1.82, 2.24) is 0 Å². The van der Waals surface area contributed by atoms with Crippen LogP contribution in [0.3, 0.4) is 0 Å². The van der Waals surface area contributed by atoms with Crippen LogP contribution in [-0.4, -0.2) is 10.8 Å². The molecule has 0 fully saturated rings. The monoisotopic (exact) mass is 293 g/mol. The highest BCUT2D eigenvalue weighted by Gasteiger charge is 2.11. The molecule has 1 N–H and O–H groups in total. The lowest BCUT2D eigenvalue weighted by Gasteiger charge is -2.03. The van der Waals surface area contributed by atoms with Crippen molar-refractivity contribution in [1.29, 1.82) is 5.26 Å². The van der Waals surface area contributed by atoms with Gasteiger partial charge in [-0.05, 0) is 23.8 Å². The number of nitrogens with one attached hydrogen (secondary N) is 1. The topological polar surface area (TPSA) is 96.0 Å². The molecule has 0 radical (unpaired) electrons. The van der Waals surface area contributed by atoms with E-state index in [0.29, 0.717) is 11.3 Å². The van der Waals surface area contributed by atoms with E-state index in [1.165, 1.54) is 24.3 Å². The fraction of sp³-hybridized carbons (Fsp3) is 0. The quantitative estimate of drug-likeness (QED) is 0.405. The molecule has 0 aliphatic heterocycles. The van der Waals surface area contributed by atoms with Crippen molar-refractivity contribution in [2.24, 2.45) is 0 Å². The maximum Gasteiger partial charge on any atom is 0.270 e. The predicted octanol–water partition coefficient (Wildman–Crippen LogP) is 3.14. The molecule has 0 aromatic heterocycles. The number of nitrogens with zero attached hydrogens (tertiary/aromatic N) is 2. The highest BCUT2D eigenvalue weighted by atomic mass is 16.6. The number of nitro groups is 1. The molecule has 108 valence electrons. The van der Waals surface area contributed by atoms with Crippen LogP contribution in [0.4, 0.5) is 11.4 Å². The van der Waals surface area contributed by atoms with Crippen LogP contribution in [0.2, 0.25) is 0 Å². The zero-order chi connectivity index (χ0) is 15.9. The molecule has 0 aliphatic rings. The Kier molecular flexibility index (Phi) is 4.63. The third-order valence-electron chi connectivity index (χ3n) is 2.79. The summed E-state index contributed by atoms with van der Waals surface area (Å²) in [5.41, 5.74) is 0.737. The molecule has 0 saturated carbocycles. The average molecular weight is 293 g/mol. The first-order valence-corrected chi connectivity index (χ1v) is 6.33. The van der Waals surface area contributed by atoms with Gasteiger partial charge in [-0.2, -0.15) is 5.26 Å². The fourth-order valence-electron chi connectivity index (χ4n) is 1.76. The van der Waals surface area contributed by atoms with Gasteiger partial charge in [0.2, 0.25) is 0 Å². The lowest BCUT2D eigenvalue weighted by atomic mass is 10.1. The summed E-state index contributed by atoms with van der Waals surface area (Å²) >= 11 is 0. The van der Waals surface area contributed by atoms with Gasteiger partial charge in [0, 0.05) is 17.8 Å². The van der Waals surface area contributed by atoms with E-state index < -0.39 is 10.8 Å². The van der Waals surface area contributed by atoms with Crippen molar-refractivity contribution in [2.75, 3.05) is 5.32 Å². The molecule has 6 heteroatoms. The summed E-state index contributed by atoms with van der Waals surface area (Å²) in [6.45, 7) is 0. The summed E-state index contributed by atoms with van der Waals surface area (Å²) in [5.74, 6) is -0.569. The van der Waals surface area contributed by atoms with Crippen LogP contribution in [0, 0.1) is 21.4 Å². The highest BCUT2D eigenvalue weighted by molar-refractivity contribution is 6.09. The first kappa shape index (κ1) is 14.9. The van der Waals surface area contributed by atoms with Crippen LogP contribution >= 0.6 is 0 Å². The Hall–Kier alpha value is -3.46. The number of nitro benzene ring substituents is 1. The summed E-state index contributed by atoms with van der Waals surface area (Å²) in [6, 6.07) is 16.2. The van der Waals surface area contributed by atoms with Crippen LogP contribution in [0.1, 0.15) is 5.56 Å². The SMILES string of the molecule is N#C/C(=C\c1cccc([N+](=O)[O-])c1)C(=O)Nc1ccccc1. The minimum absolute atomic E-state index is 0.102. The van der Waals surface area contributed by atoms with Crippen LogP contribution in [0.5, 0.6) is 0 Å². The molecule has 0 aliphatic carbocycles. The van der Waals surface area contributed by atoms with Crippen LogP contribution in [0.25, 0.3) is 6.08 Å². The second-order valence-corrected chi connectivity index (χ2v) is 4.34. The van der Waals surface area contributed by atoms with Crippen molar-refractivity contribution < 1.29 is 9.72 Å². The van der Waals surface area contributed by atoms with Gasteiger partial charge in [0.15, 0.2) is 0 Å². The second kappa shape index (κ2) is 6.81. The van der Waals surface area contributed by atoms with Gasteiger partial charge >= 0.3 is 0 Å². The van der Waals surface area contributed by atoms with Gasteiger partial charge in [-0.15, -0.1) is 0 Å². The summed E-state index contributed by atoms with van der Waals surface area (Å²) in [4.78, 5) is 22.2. The Bertz CT molecular complexity index is 777. The number of hydrogen-bond donors (Lipinski definition) is 1. The molecular formula is C16H11N3O3. The van der Waals surface area contributed by atoms with Crippen LogP contribution in [-0.2, 0) is 4.79 Å². The predicted molar refractivity (Wildman–Crippen MR) is 81.8 cm³/mol. The summed E-state index contributed by atoms with van der Waals surface area (Å²) in [7, 11) is 0. The molecular weight excluding hydrogens is 282 g/mol. The number of nitriles is 1. The summed E-state index contributed by atoms with van der Waals surface area (Å²) in [5, 5.41) is 22.4. The van der Waals surface area contributed by atoms with Crippen molar-refractivity contribution in [3.63, 3.8) is 0 Å². The molecule has 22 heavy (non-hydrogen) atoms. The van der Waals surface area contributed by atoms with Crippen LogP contribution in [0.15, 0.2) is 60.2 Å². The maximum atomic E-state index is 12.0. The molecule has 0 atom stereocenters. The minimum Gasteiger partial charge on any atom is -0.321 e. The molecule has 2 aromatic rings. The molecule has 6 nitrogen and oxygen atoms in total. The normalized spacial score (nSPS) is 10.6. The zero-order valence-electron chi connectivity index (χ0n) is 11.4. The first-order chi connectivity index (χ1) is 10.6. The number of carbonyl (C=O) groups is 1. The minimum atomic E-state index is -0.569. The first-order valence-electron chi connectivity index (χ1n) is 6.33. The molecule has 0 unspecified atom stereocenters. The Balaban J connectivity index is 2.24. The maximum absolute atomic E-state index is 12.0. The van der Waals surface area contributed by atoms with Crippen molar-refractivity contribution in [2.45, 2.75) is 0 Å². The van der Waals surface area contributed by atoms with Crippen LogP contribution < -0.4 is 5.32 Å². The van der Waals surface area contributed by atoms with Gasteiger partial charge in [-0.1, -0.05) is 30.3 Å². The van der Waals surface area contributed by atoms with E-state index in [4.69, 9.17) is 5.26 Å². The number of rotatable bonds is 4. The number of anilines is 1. The molecule has 2 rings (SSSR count). The highest BCUT2D eigenvalue weighted by Crippen LogP contribution is 2.16. The van der Waals surface area contributed by atoms with E-state index in [2.05, 4.69) is 5.32 Å². The van der Waals surface area contributed by atoms with Gasteiger partial charge in [-0.3, -0.25) is 14.9 Å². The van der Waals surface area contributed by atoms with Crippen molar-refractivity contribution >= 4 is 23.4 Å². The molecule has 0 heterocycles. The van der Waals surface area contributed by atoms with E-state index >= 15 is 0 Å². The van der Waals surface area contributed by atoms with E-state index in [1.807, 2.05) is 0 Å². The largest absolute Gasteiger partial charge is 0.321 e. The van der Waals surface area contributed by atoms with Gasteiger partial charge < -0.3 is 5.32 Å².